The van der Waals surface area contributed by atoms with Gasteiger partial charge in [-0.15, -0.1) is 0 Å². The third-order valence-corrected chi connectivity index (χ3v) is 7.71. The first-order chi connectivity index (χ1) is 15.2. The lowest BCUT2D eigenvalue weighted by atomic mass is 9.56. The third-order valence-electron chi connectivity index (χ3n) is 7.47. The van der Waals surface area contributed by atoms with E-state index in [1.165, 1.54) is 0 Å². The van der Waals surface area contributed by atoms with Gasteiger partial charge in [0.1, 0.15) is 22.7 Å². The summed E-state index contributed by atoms with van der Waals surface area (Å²) < 4.78 is 5.61. The van der Waals surface area contributed by atoms with E-state index in [2.05, 4.69) is 9.80 Å². The Hall–Kier alpha value is -2.53. The second kappa shape index (κ2) is 7.51. The zero-order valence-corrected chi connectivity index (χ0v) is 19.6. The van der Waals surface area contributed by atoms with Gasteiger partial charge in [-0.2, -0.15) is 0 Å². The minimum absolute atomic E-state index is 0.0798. The standard InChI is InChI=1S/C26H29ClN2O3/c1-25(2)14-23(30)26(24(31)15-25)13-17-8-9-18(27)12-20(17)29-11-10-28(16-22(26)29)19-6-4-5-7-21(19)32-3/h4-9,12,22H,10-11,13-16H2,1-3H3/t22-/m1/s1. The first-order valence-corrected chi connectivity index (χ1v) is 11.6. The Morgan fingerprint density at radius 3 is 2.41 bits per heavy atom. The summed E-state index contributed by atoms with van der Waals surface area (Å²) in [7, 11) is 1.67. The molecule has 5 nitrogen and oxygen atoms in total. The number of hydrogen-bond acceptors (Lipinski definition) is 5. The molecule has 0 aromatic heterocycles. The SMILES string of the molecule is COc1ccccc1N1CCN2c3cc(Cl)ccc3CC3(C(=O)CC(C)(C)CC3=O)[C@H]2C1. The Labute approximate surface area is 194 Å². The van der Waals surface area contributed by atoms with Gasteiger partial charge in [0.2, 0.25) is 0 Å². The number of ketones is 2. The number of anilines is 2. The highest BCUT2D eigenvalue weighted by Gasteiger charge is 2.60. The van der Waals surface area contributed by atoms with E-state index in [4.69, 9.17) is 16.3 Å². The van der Waals surface area contributed by atoms with Crippen LogP contribution in [0.3, 0.4) is 0 Å². The van der Waals surface area contributed by atoms with Gasteiger partial charge in [0.15, 0.2) is 0 Å². The number of carbonyl (C=O) groups is 2. The normalized spacial score (nSPS) is 23.7. The Morgan fingerprint density at radius 1 is 0.969 bits per heavy atom. The second-order valence-corrected chi connectivity index (χ2v) is 10.5. The Bertz CT molecular complexity index is 1080. The molecule has 0 bridgehead atoms. The lowest BCUT2D eigenvalue weighted by Crippen LogP contribution is -2.69. The van der Waals surface area contributed by atoms with E-state index in [1.807, 2.05) is 56.3 Å². The van der Waals surface area contributed by atoms with E-state index >= 15 is 0 Å². The van der Waals surface area contributed by atoms with E-state index in [9.17, 15) is 9.59 Å². The predicted molar refractivity (Wildman–Crippen MR) is 127 cm³/mol. The fourth-order valence-electron chi connectivity index (χ4n) is 5.95. The maximum Gasteiger partial charge on any atom is 0.149 e. The van der Waals surface area contributed by atoms with Crippen molar-refractivity contribution in [1.29, 1.82) is 0 Å². The number of halogens is 1. The van der Waals surface area contributed by atoms with Crippen LogP contribution in [0.4, 0.5) is 11.4 Å². The molecule has 0 amide bonds. The summed E-state index contributed by atoms with van der Waals surface area (Å²) >= 11 is 6.36. The number of carbonyl (C=O) groups excluding carboxylic acids is 2. The summed E-state index contributed by atoms with van der Waals surface area (Å²) in [6.07, 6.45) is 1.31. The van der Waals surface area contributed by atoms with Crippen molar-refractivity contribution in [3.05, 3.63) is 53.1 Å². The highest BCUT2D eigenvalue weighted by atomic mass is 35.5. The third kappa shape index (κ3) is 3.21. The van der Waals surface area contributed by atoms with Crippen LogP contribution in [-0.2, 0) is 16.0 Å². The van der Waals surface area contributed by atoms with Gasteiger partial charge in [-0.1, -0.05) is 43.6 Å². The number of ether oxygens (including phenoxy) is 1. The summed E-state index contributed by atoms with van der Waals surface area (Å²) in [4.78, 5) is 32.1. The molecular formula is C26H29ClN2O3. The van der Waals surface area contributed by atoms with Gasteiger partial charge in [-0.25, -0.2) is 0 Å². The van der Waals surface area contributed by atoms with Gasteiger partial charge in [0.05, 0.1) is 18.8 Å². The van der Waals surface area contributed by atoms with Gasteiger partial charge in [-0.3, -0.25) is 9.59 Å². The van der Waals surface area contributed by atoms with Crippen molar-refractivity contribution in [2.45, 2.75) is 39.2 Å². The largest absolute Gasteiger partial charge is 0.495 e. The molecule has 2 heterocycles. The fourth-order valence-corrected chi connectivity index (χ4v) is 6.11. The van der Waals surface area contributed by atoms with Gasteiger partial charge in [-0.05, 0) is 41.7 Å². The molecule has 3 aliphatic rings. The van der Waals surface area contributed by atoms with E-state index in [0.29, 0.717) is 37.4 Å². The van der Waals surface area contributed by atoms with E-state index < -0.39 is 5.41 Å². The molecule has 0 N–H and O–H groups in total. The van der Waals surface area contributed by atoms with Crippen molar-refractivity contribution in [2.24, 2.45) is 10.8 Å². The van der Waals surface area contributed by atoms with Gasteiger partial charge < -0.3 is 14.5 Å². The lowest BCUT2D eigenvalue weighted by Gasteiger charge is -2.56. The van der Waals surface area contributed by atoms with Crippen molar-refractivity contribution in [3.63, 3.8) is 0 Å². The molecule has 168 valence electrons. The van der Waals surface area contributed by atoms with Crippen molar-refractivity contribution in [2.75, 3.05) is 36.5 Å². The zero-order valence-electron chi connectivity index (χ0n) is 18.9. The number of fused-ring (bicyclic) bond motifs is 4. The van der Waals surface area contributed by atoms with Crippen LogP contribution in [0.5, 0.6) is 5.75 Å². The van der Waals surface area contributed by atoms with Crippen molar-refractivity contribution in [3.8, 4) is 5.75 Å². The van der Waals surface area contributed by atoms with E-state index in [-0.39, 0.29) is 23.0 Å². The second-order valence-electron chi connectivity index (χ2n) is 10.1. The van der Waals surface area contributed by atoms with Crippen molar-refractivity contribution < 1.29 is 14.3 Å². The Morgan fingerprint density at radius 2 is 1.69 bits per heavy atom. The molecule has 1 saturated carbocycles. The maximum absolute atomic E-state index is 13.8. The van der Waals surface area contributed by atoms with Crippen LogP contribution in [-0.4, -0.2) is 44.4 Å². The van der Waals surface area contributed by atoms with Crippen LogP contribution in [0.1, 0.15) is 32.3 Å². The number of rotatable bonds is 2. The molecule has 6 heteroatoms. The molecule has 1 saturated heterocycles. The topological polar surface area (TPSA) is 49.9 Å². The minimum atomic E-state index is -1.02. The monoisotopic (exact) mass is 452 g/mol. The smallest absolute Gasteiger partial charge is 0.149 e. The van der Waals surface area contributed by atoms with Crippen molar-refractivity contribution >= 4 is 34.5 Å². The zero-order chi connectivity index (χ0) is 22.7. The molecule has 0 unspecified atom stereocenters. The molecule has 1 atom stereocenters. The highest BCUT2D eigenvalue weighted by molar-refractivity contribution is 6.31. The number of methoxy groups -OCH3 is 1. The number of piperazine rings is 1. The van der Waals surface area contributed by atoms with Crippen LogP contribution >= 0.6 is 11.6 Å². The Balaban J connectivity index is 1.62. The molecule has 2 aliphatic heterocycles. The van der Waals surface area contributed by atoms with Crippen LogP contribution in [0.25, 0.3) is 0 Å². The summed E-state index contributed by atoms with van der Waals surface area (Å²) in [6, 6.07) is 13.5. The molecule has 0 radical (unpaired) electrons. The molecule has 2 aromatic rings. The lowest BCUT2D eigenvalue weighted by molar-refractivity contribution is -0.150. The van der Waals surface area contributed by atoms with Gasteiger partial charge in [0.25, 0.3) is 0 Å². The quantitative estimate of drug-likeness (QED) is 0.626. The molecule has 32 heavy (non-hydrogen) atoms. The van der Waals surface area contributed by atoms with Crippen molar-refractivity contribution in [1.82, 2.24) is 0 Å². The average molecular weight is 453 g/mol. The van der Waals surface area contributed by atoms with Crippen LogP contribution in [0.15, 0.2) is 42.5 Å². The van der Waals surface area contributed by atoms with E-state index in [0.717, 1.165) is 29.2 Å². The molecule has 2 fully saturated rings. The first kappa shape index (κ1) is 21.3. The van der Waals surface area contributed by atoms with Gasteiger partial charge in [0, 0.05) is 43.2 Å². The van der Waals surface area contributed by atoms with Crippen LogP contribution < -0.4 is 14.5 Å². The fraction of sp³-hybridized carbons (Fsp3) is 0.462. The molecule has 1 spiro atoms. The number of Topliss-reactive ketones (excluding diaryl/α,β-unsaturated/α-hetero) is 2. The van der Waals surface area contributed by atoms with Crippen LogP contribution in [0.2, 0.25) is 5.02 Å². The number of para-hydroxylation sites is 2. The molecule has 2 aromatic carbocycles. The minimum Gasteiger partial charge on any atom is -0.495 e. The molecule has 5 rings (SSSR count). The average Bonchev–Trinajstić information content (AvgIpc) is 2.76. The molecule has 1 aliphatic carbocycles. The van der Waals surface area contributed by atoms with Crippen LogP contribution in [0, 0.1) is 10.8 Å². The first-order valence-electron chi connectivity index (χ1n) is 11.2. The molecular weight excluding hydrogens is 424 g/mol. The van der Waals surface area contributed by atoms with E-state index in [1.54, 1.807) is 7.11 Å². The highest BCUT2D eigenvalue weighted by Crippen LogP contribution is 2.51. The maximum atomic E-state index is 13.8. The number of nitrogens with zero attached hydrogens (tertiary/aromatic N) is 2. The predicted octanol–water partition coefficient (Wildman–Crippen LogP) is 4.54. The Kier molecular flexibility index (Phi) is 5.01. The summed E-state index contributed by atoms with van der Waals surface area (Å²) in [5.41, 5.74) is 1.78. The number of hydrogen-bond donors (Lipinski definition) is 0. The summed E-state index contributed by atoms with van der Waals surface area (Å²) in [6.45, 7) is 6.11. The number of benzene rings is 2. The summed E-state index contributed by atoms with van der Waals surface area (Å²) in [5, 5.41) is 0.674. The summed E-state index contributed by atoms with van der Waals surface area (Å²) in [5.74, 6) is 0.962. The van der Waals surface area contributed by atoms with Gasteiger partial charge >= 0.3 is 0 Å².